The molecule has 0 saturated carbocycles. The summed E-state index contributed by atoms with van der Waals surface area (Å²) in [4.78, 5) is 15.1. The molecule has 1 heterocycles. The van der Waals surface area contributed by atoms with E-state index in [0.717, 1.165) is 11.3 Å². The lowest BCUT2D eigenvalue weighted by atomic mass is 10.2. The highest BCUT2D eigenvalue weighted by molar-refractivity contribution is 6.20. The molecule has 0 bridgehead atoms. The first kappa shape index (κ1) is 11.0. The maximum atomic E-state index is 10.8. The molecule has 0 amide bonds. The second kappa shape index (κ2) is 3.79. The second-order valence-corrected chi connectivity index (χ2v) is 4.31. The summed E-state index contributed by atoms with van der Waals surface area (Å²) in [5, 5.41) is 8.67. The molecule has 0 saturated heterocycles. The molecule has 2 rings (SSSR count). The number of imidazole rings is 1. The van der Waals surface area contributed by atoms with E-state index in [2.05, 4.69) is 4.98 Å². The van der Waals surface area contributed by atoms with E-state index in [9.17, 15) is 4.79 Å². The minimum atomic E-state index is -0.951. The number of rotatable bonds is 2. The van der Waals surface area contributed by atoms with E-state index in [-0.39, 0.29) is 10.9 Å². The van der Waals surface area contributed by atoms with E-state index in [1.165, 1.54) is 0 Å². The van der Waals surface area contributed by atoms with E-state index in [1.807, 2.05) is 18.5 Å². The number of hydrogen-bond donors (Lipinski definition) is 1. The minimum absolute atomic E-state index is 0.203. The average molecular weight is 239 g/mol. The quantitative estimate of drug-likeness (QED) is 0.818. The highest BCUT2D eigenvalue weighted by Gasteiger charge is 2.13. The monoisotopic (exact) mass is 238 g/mol. The summed E-state index contributed by atoms with van der Waals surface area (Å²) >= 11 is 5.98. The lowest BCUT2D eigenvalue weighted by Gasteiger charge is -2.02. The maximum Gasteiger partial charge on any atom is 0.335 e. The number of alkyl halides is 1. The molecule has 1 aromatic carbocycles. The second-order valence-electron chi connectivity index (χ2n) is 3.65. The van der Waals surface area contributed by atoms with Gasteiger partial charge in [0, 0.05) is 7.05 Å². The van der Waals surface area contributed by atoms with Crippen molar-refractivity contribution in [3.05, 3.63) is 29.6 Å². The Bertz CT molecular complexity index is 560. The molecule has 0 spiro atoms. The Labute approximate surface area is 97.5 Å². The Kier molecular flexibility index (Phi) is 2.59. The third-order valence-corrected chi connectivity index (χ3v) is 2.71. The zero-order valence-corrected chi connectivity index (χ0v) is 9.69. The number of fused-ring (bicyclic) bond motifs is 1. The van der Waals surface area contributed by atoms with E-state index >= 15 is 0 Å². The average Bonchev–Trinajstić information content (AvgIpc) is 2.55. The Morgan fingerprint density at radius 2 is 2.25 bits per heavy atom. The van der Waals surface area contributed by atoms with Crippen molar-refractivity contribution >= 4 is 28.6 Å². The molecule has 1 atom stereocenters. The number of carbonyl (C=O) groups is 1. The molecule has 4 nitrogen and oxygen atoms in total. The van der Waals surface area contributed by atoms with E-state index < -0.39 is 5.97 Å². The van der Waals surface area contributed by atoms with Crippen LogP contribution >= 0.6 is 11.6 Å². The molecule has 0 fully saturated rings. The first-order valence-electron chi connectivity index (χ1n) is 4.84. The number of halogens is 1. The predicted molar refractivity (Wildman–Crippen MR) is 61.9 cm³/mol. The normalized spacial score (nSPS) is 12.9. The van der Waals surface area contributed by atoms with Crippen molar-refractivity contribution in [3.63, 3.8) is 0 Å². The van der Waals surface area contributed by atoms with Gasteiger partial charge < -0.3 is 9.67 Å². The SMILES string of the molecule is CC(Cl)c1nc2cc(C(=O)O)ccc2n1C. The molecule has 84 valence electrons. The van der Waals surface area contributed by atoms with Gasteiger partial charge in [0.05, 0.1) is 22.0 Å². The third kappa shape index (κ3) is 1.65. The number of carboxylic acid groups (broad SMARTS) is 1. The Balaban J connectivity index is 2.67. The van der Waals surface area contributed by atoms with Crippen LogP contribution in [-0.2, 0) is 7.05 Å². The van der Waals surface area contributed by atoms with Gasteiger partial charge in [0.15, 0.2) is 0 Å². The Morgan fingerprint density at radius 1 is 1.56 bits per heavy atom. The lowest BCUT2D eigenvalue weighted by Crippen LogP contribution is -1.98. The van der Waals surface area contributed by atoms with Gasteiger partial charge in [-0.3, -0.25) is 0 Å². The van der Waals surface area contributed by atoms with Crippen LogP contribution in [0.4, 0.5) is 0 Å². The van der Waals surface area contributed by atoms with Crippen molar-refractivity contribution in [2.75, 3.05) is 0 Å². The molecule has 1 N–H and O–H groups in total. The zero-order valence-electron chi connectivity index (χ0n) is 8.94. The fraction of sp³-hybridized carbons (Fsp3) is 0.273. The number of carboxylic acids is 1. The van der Waals surface area contributed by atoms with Crippen LogP contribution in [0, 0.1) is 0 Å². The van der Waals surface area contributed by atoms with Crippen LogP contribution in [0.25, 0.3) is 11.0 Å². The van der Waals surface area contributed by atoms with Gasteiger partial charge in [0.1, 0.15) is 5.82 Å². The number of nitrogens with zero attached hydrogens (tertiary/aromatic N) is 2. The van der Waals surface area contributed by atoms with Crippen molar-refractivity contribution < 1.29 is 9.90 Å². The van der Waals surface area contributed by atoms with Gasteiger partial charge in [0.2, 0.25) is 0 Å². The summed E-state index contributed by atoms with van der Waals surface area (Å²) in [6.07, 6.45) is 0. The number of aromatic carboxylic acids is 1. The zero-order chi connectivity index (χ0) is 11.9. The summed E-state index contributed by atoms with van der Waals surface area (Å²) in [5.41, 5.74) is 1.77. The van der Waals surface area contributed by atoms with Crippen molar-refractivity contribution in [1.29, 1.82) is 0 Å². The minimum Gasteiger partial charge on any atom is -0.478 e. The fourth-order valence-electron chi connectivity index (χ4n) is 1.71. The van der Waals surface area contributed by atoms with Gasteiger partial charge >= 0.3 is 5.97 Å². The predicted octanol–water partition coefficient (Wildman–Crippen LogP) is 2.57. The van der Waals surface area contributed by atoms with Crippen LogP contribution in [0.3, 0.4) is 0 Å². The number of hydrogen-bond acceptors (Lipinski definition) is 2. The topological polar surface area (TPSA) is 55.1 Å². The standard InChI is InChI=1S/C11H11ClN2O2/c1-6(12)10-13-8-5-7(11(15)16)3-4-9(8)14(10)2/h3-6H,1-2H3,(H,15,16). The van der Waals surface area contributed by atoms with Gasteiger partial charge in [-0.25, -0.2) is 9.78 Å². The van der Waals surface area contributed by atoms with Crippen LogP contribution in [-0.4, -0.2) is 20.6 Å². The van der Waals surface area contributed by atoms with Crippen LogP contribution in [0.15, 0.2) is 18.2 Å². The highest BCUT2D eigenvalue weighted by Crippen LogP contribution is 2.23. The first-order valence-corrected chi connectivity index (χ1v) is 5.28. The summed E-state index contributed by atoms with van der Waals surface area (Å²) in [6, 6.07) is 4.87. The molecule has 16 heavy (non-hydrogen) atoms. The van der Waals surface area contributed by atoms with Crippen LogP contribution in [0.1, 0.15) is 28.5 Å². The van der Waals surface area contributed by atoms with Gasteiger partial charge in [-0.05, 0) is 25.1 Å². The molecular weight excluding hydrogens is 228 g/mol. The van der Waals surface area contributed by atoms with E-state index in [0.29, 0.717) is 5.52 Å². The molecule has 0 aliphatic rings. The van der Waals surface area contributed by atoms with Gasteiger partial charge in [-0.1, -0.05) is 0 Å². The Hall–Kier alpha value is -1.55. The molecule has 0 aliphatic carbocycles. The van der Waals surface area contributed by atoms with Crippen molar-refractivity contribution in [1.82, 2.24) is 9.55 Å². The van der Waals surface area contributed by atoms with Crippen molar-refractivity contribution in [3.8, 4) is 0 Å². The molecule has 1 unspecified atom stereocenters. The number of aromatic nitrogens is 2. The fourth-order valence-corrected chi connectivity index (χ4v) is 1.90. The van der Waals surface area contributed by atoms with Gasteiger partial charge in [0.25, 0.3) is 0 Å². The molecule has 0 radical (unpaired) electrons. The van der Waals surface area contributed by atoms with Crippen molar-refractivity contribution in [2.45, 2.75) is 12.3 Å². The number of aryl methyl sites for hydroxylation is 1. The summed E-state index contributed by atoms with van der Waals surface area (Å²) in [5.74, 6) is -0.216. The first-order chi connectivity index (χ1) is 7.50. The van der Waals surface area contributed by atoms with Gasteiger partial charge in [-0.15, -0.1) is 11.6 Å². The number of benzene rings is 1. The van der Waals surface area contributed by atoms with Crippen LogP contribution in [0.2, 0.25) is 0 Å². The maximum absolute atomic E-state index is 10.8. The largest absolute Gasteiger partial charge is 0.478 e. The van der Waals surface area contributed by atoms with E-state index in [1.54, 1.807) is 18.2 Å². The summed E-state index contributed by atoms with van der Waals surface area (Å²) in [6.45, 7) is 1.83. The van der Waals surface area contributed by atoms with E-state index in [4.69, 9.17) is 16.7 Å². The molecule has 2 aromatic rings. The van der Waals surface area contributed by atoms with Crippen molar-refractivity contribution in [2.24, 2.45) is 7.05 Å². The summed E-state index contributed by atoms with van der Waals surface area (Å²) < 4.78 is 1.87. The highest BCUT2D eigenvalue weighted by atomic mass is 35.5. The Morgan fingerprint density at radius 3 is 2.81 bits per heavy atom. The lowest BCUT2D eigenvalue weighted by molar-refractivity contribution is 0.0697. The molecule has 1 aromatic heterocycles. The van der Waals surface area contributed by atoms with Crippen LogP contribution < -0.4 is 0 Å². The third-order valence-electron chi connectivity index (χ3n) is 2.52. The van der Waals surface area contributed by atoms with Gasteiger partial charge in [-0.2, -0.15) is 0 Å². The molecule has 5 heteroatoms. The summed E-state index contributed by atoms with van der Waals surface area (Å²) in [7, 11) is 1.87. The van der Waals surface area contributed by atoms with Crippen LogP contribution in [0.5, 0.6) is 0 Å². The molecule has 0 aliphatic heterocycles. The molecular formula is C11H11ClN2O2. The smallest absolute Gasteiger partial charge is 0.335 e.